The van der Waals surface area contributed by atoms with Gasteiger partial charge in [-0.1, -0.05) is 85.0 Å². The van der Waals surface area contributed by atoms with E-state index < -0.39 is 6.17 Å². The molecule has 2 aromatic rings. The normalized spacial score (nSPS) is 13.1. The Labute approximate surface area is 208 Å². The van der Waals surface area contributed by atoms with Gasteiger partial charge in [-0.05, 0) is 55.0 Å². The minimum atomic E-state index is -0.788. The number of alkyl halides is 1. The van der Waals surface area contributed by atoms with Crippen LogP contribution >= 0.6 is 0 Å². The number of rotatable bonds is 19. The van der Waals surface area contributed by atoms with Crippen LogP contribution < -0.4 is 4.74 Å². The lowest BCUT2D eigenvalue weighted by molar-refractivity contribution is 0.205. The molecule has 0 aliphatic carbocycles. The van der Waals surface area contributed by atoms with Crippen molar-refractivity contribution < 1.29 is 9.13 Å². The first kappa shape index (κ1) is 28.3. The molecule has 1 aromatic heterocycles. The maximum atomic E-state index is 14.2. The van der Waals surface area contributed by atoms with E-state index >= 15 is 0 Å². The third kappa shape index (κ3) is 11.9. The molecule has 4 heteroatoms. The predicted octanol–water partition coefficient (Wildman–Crippen LogP) is 9.15. The summed E-state index contributed by atoms with van der Waals surface area (Å²) < 4.78 is 19.9. The Balaban J connectivity index is 1.66. The number of halogens is 1. The number of unbranched alkanes of at least 4 members (excludes halogenated alkanes) is 8. The summed E-state index contributed by atoms with van der Waals surface area (Å²) >= 11 is 0. The van der Waals surface area contributed by atoms with Gasteiger partial charge in [-0.15, -0.1) is 0 Å². The molecule has 34 heavy (non-hydrogen) atoms. The van der Waals surface area contributed by atoms with Gasteiger partial charge in [-0.25, -0.2) is 14.4 Å². The van der Waals surface area contributed by atoms with Gasteiger partial charge in [0.25, 0.3) is 0 Å². The lowest BCUT2D eigenvalue weighted by Crippen LogP contribution is -2.11. The summed E-state index contributed by atoms with van der Waals surface area (Å²) in [6, 6.07) is 7.79. The van der Waals surface area contributed by atoms with Crippen LogP contribution in [0.4, 0.5) is 4.39 Å². The van der Waals surface area contributed by atoms with E-state index in [1.165, 1.54) is 69.8 Å². The molecule has 0 fully saturated rings. The number of benzene rings is 1. The number of aryl methyl sites for hydroxylation is 1. The molecule has 0 spiro atoms. The van der Waals surface area contributed by atoms with Gasteiger partial charge in [0.1, 0.15) is 11.9 Å². The molecule has 0 amide bonds. The molecule has 1 aromatic carbocycles. The quantitative estimate of drug-likeness (QED) is 0.192. The van der Waals surface area contributed by atoms with E-state index in [1.807, 2.05) is 36.7 Å². The van der Waals surface area contributed by atoms with E-state index in [9.17, 15) is 4.39 Å². The van der Waals surface area contributed by atoms with Crippen LogP contribution in [0.1, 0.15) is 110 Å². The summed E-state index contributed by atoms with van der Waals surface area (Å²) in [6.07, 6.45) is 19.4. The summed E-state index contributed by atoms with van der Waals surface area (Å²) in [5, 5.41) is 0. The standard InChI is InChI=1S/C30H47FN2O/c1-4-6-8-9-10-11-12-13-15-26-23-32-30(33-24-26)27-16-18-29(19-17-27)34-21-20-28(31)22-25(3)14-7-5-2/h16-19,23-25,28H,4-15,20-22H2,1-3H3/t25-,28-/m0/s1. The van der Waals surface area contributed by atoms with Gasteiger partial charge >= 0.3 is 0 Å². The van der Waals surface area contributed by atoms with Crippen molar-refractivity contribution in [3.63, 3.8) is 0 Å². The lowest BCUT2D eigenvalue weighted by Gasteiger charge is -2.15. The Hall–Kier alpha value is -1.97. The van der Waals surface area contributed by atoms with Crippen molar-refractivity contribution in [2.24, 2.45) is 5.92 Å². The topological polar surface area (TPSA) is 35.0 Å². The van der Waals surface area contributed by atoms with Gasteiger partial charge in [0.15, 0.2) is 5.82 Å². The van der Waals surface area contributed by atoms with Crippen LogP contribution in [-0.4, -0.2) is 22.7 Å². The highest BCUT2D eigenvalue weighted by Gasteiger charge is 2.12. The molecule has 0 saturated carbocycles. The first-order valence-corrected chi connectivity index (χ1v) is 13.8. The van der Waals surface area contributed by atoms with Crippen LogP contribution in [0.5, 0.6) is 5.75 Å². The second kappa shape index (κ2) is 17.5. The van der Waals surface area contributed by atoms with Crippen molar-refractivity contribution in [3.8, 4) is 17.1 Å². The minimum Gasteiger partial charge on any atom is -0.493 e. The zero-order chi connectivity index (χ0) is 24.4. The molecule has 0 unspecified atom stereocenters. The SMILES string of the molecule is CCCCCCCCCCc1cnc(-c2ccc(OCC[C@H](F)C[C@@H](C)CCCC)cc2)nc1. The second-order valence-corrected chi connectivity index (χ2v) is 9.88. The number of aromatic nitrogens is 2. The average molecular weight is 471 g/mol. The molecular weight excluding hydrogens is 423 g/mol. The van der Waals surface area contributed by atoms with Gasteiger partial charge < -0.3 is 4.74 Å². The van der Waals surface area contributed by atoms with E-state index in [0.29, 0.717) is 25.4 Å². The largest absolute Gasteiger partial charge is 0.493 e. The third-order valence-corrected chi connectivity index (χ3v) is 6.55. The van der Waals surface area contributed by atoms with Gasteiger partial charge in [-0.3, -0.25) is 0 Å². The highest BCUT2D eigenvalue weighted by molar-refractivity contribution is 5.55. The number of ether oxygens (including phenoxy) is 1. The molecule has 0 radical (unpaired) electrons. The van der Waals surface area contributed by atoms with Crippen molar-refractivity contribution in [2.45, 2.75) is 117 Å². The molecule has 2 rings (SSSR count). The first-order chi connectivity index (χ1) is 16.6. The van der Waals surface area contributed by atoms with E-state index in [1.54, 1.807) is 0 Å². The average Bonchev–Trinajstić information content (AvgIpc) is 2.85. The van der Waals surface area contributed by atoms with Crippen LogP contribution in [0.25, 0.3) is 11.4 Å². The maximum absolute atomic E-state index is 14.2. The Morgan fingerprint density at radius 1 is 0.794 bits per heavy atom. The molecule has 190 valence electrons. The number of hydrogen-bond acceptors (Lipinski definition) is 3. The number of nitrogens with zero attached hydrogens (tertiary/aromatic N) is 2. The summed E-state index contributed by atoms with van der Waals surface area (Å²) in [5.41, 5.74) is 2.18. The predicted molar refractivity (Wildman–Crippen MR) is 142 cm³/mol. The van der Waals surface area contributed by atoms with Gasteiger partial charge in [-0.2, -0.15) is 0 Å². The fourth-order valence-electron chi connectivity index (χ4n) is 4.33. The molecule has 2 atom stereocenters. The van der Waals surface area contributed by atoms with Crippen LogP contribution in [-0.2, 0) is 6.42 Å². The van der Waals surface area contributed by atoms with Crippen LogP contribution in [0.15, 0.2) is 36.7 Å². The summed E-state index contributed by atoms with van der Waals surface area (Å²) in [6.45, 7) is 7.00. The Bertz CT molecular complexity index is 747. The van der Waals surface area contributed by atoms with Crippen LogP contribution in [0.2, 0.25) is 0 Å². The summed E-state index contributed by atoms with van der Waals surface area (Å²) in [4.78, 5) is 9.12. The molecule has 0 N–H and O–H groups in total. The molecule has 0 bridgehead atoms. The van der Waals surface area contributed by atoms with Crippen molar-refractivity contribution in [1.82, 2.24) is 9.97 Å². The Morgan fingerprint density at radius 2 is 1.41 bits per heavy atom. The minimum absolute atomic E-state index is 0.408. The summed E-state index contributed by atoms with van der Waals surface area (Å²) in [5.74, 6) is 1.94. The van der Waals surface area contributed by atoms with Gasteiger partial charge in [0, 0.05) is 24.4 Å². The Morgan fingerprint density at radius 3 is 2.06 bits per heavy atom. The maximum Gasteiger partial charge on any atom is 0.159 e. The first-order valence-electron chi connectivity index (χ1n) is 13.8. The lowest BCUT2D eigenvalue weighted by atomic mass is 9.97. The zero-order valence-corrected chi connectivity index (χ0v) is 21.9. The van der Waals surface area contributed by atoms with Gasteiger partial charge in [0.2, 0.25) is 0 Å². The van der Waals surface area contributed by atoms with E-state index in [2.05, 4.69) is 30.7 Å². The highest BCUT2D eigenvalue weighted by Crippen LogP contribution is 2.21. The molecule has 0 aliphatic heterocycles. The van der Waals surface area contributed by atoms with Crippen LogP contribution in [0.3, 0.4) is 0 Å². The highest BCUT2D eigenvalue weighted by atomic mass is 19.1. The van der Waals surface area contributed by atoms with Gasteiger partial charge in [0.05, 0.1) is 6.61 Å². The third-order valence-electron chi connectivity index (χ3n) is 6.55. The Kier molecular flexibility index (Phi) is 14.5. The fourth-order valence-corrected chi connectivity index (χ4v) is 4.33. The van der Waals surface area contributed by atoms with E-state index in [0.717, 1.165) is 30.0 Å². The zero-order valence-electron chi connectivity index (χ0n) is 21.9. The smallest absolute Gasteiger partial charge is 0.159 e. The molecule has 1 heterocycles. The fraction of sp³-hybridized carbons (Fsp3) is 0.667. The molecular formula is C30H47FN2O. The van der Waals surface area contributed by atoms with E-state index in [4.69, 9.17) is 4.74 Å². The summed E-state index contributed by atoms with van der Waals surface area (Å²) in [7, 11) is 0. The van der Waals surface area contributed by atoms with Crippen molar-refractivity contribution in [1.29, 1.82) is 0 Å². The molecule has 0 saturated heterocycles. The second-order valence-electron chi connectivity index (χ2n) is 9.88. The number of hydrogen-bond donors (Lipinski definition) is 0. The van der Waals surface area contributed by atoms with Crippen molar-refractivity contribution >= 4 is 0 Å². The van der Waals surface area contributed by atoms with Crippen LogP contribution in [0, 0.1) is 5.92 Å². The molecule has 3 nitrogen and oxygen atoms in total. The molecule has 0 aliphatic rings. The van der Waals surface area contributed by atoms with Crippen molar-refractivity contribution in [2.75, 3.05) is 6.61 Å². The monoisotopic (exact) mass is 470 g/mol. The van der Waals surface area contributed by atoms with Crippen molar-refractivity contribution in [3.05, 3.63) is 42.2 Å². The van der Waals surface area contributed by atoms with E-state index in [-0.39, 0.29) is 0 Å².